The monoisotopic (exact) mass is 526 g/mol. The molecule has 37 heavy (non-hydrogen) atoms. The Hall–Kier alpha value is -2.61. The zero-order chi connectivity index (χ0) is 26.5. The number of carbonyl (C=O) groups excluding carboxylic acids is 2. The molecule has 1 fully saturated rings. The number of fused-ring (bicyclic) bond motifs is 1. The summed E-state index contributed by atoms with van der Waals surface area (Å²) in [7, 11) is 2.06. The molecule has 0 aliphatic carbocycles. The minimum atomic E-state index is -0.186. The fourth-order valence-electron chi connectivity index (χ4n) is 5.16. The lowest BCUT2D eigenvalue weighted by Gasteiger charge is -2.38. The molecule has 0 radical (unpaired) electrons. The topological polar surface area (TPSA) is 73.9 Å². The summed E-state index contributed by atoms with van der Waals surface area (Å²) in [6.45, 7) is 9.85. The minimum Gasteiger partial charge on any atom is -0.486 e. The van der Waals surface area contributed by atoms with Gasteiger partial charge in [0, 0.05) is 42.5 Å². The summed E-state index contributed by atoms with van der Waals surface area (Å²) in [5.74, 6) is 0.409. The standard InChI is InChI=1S/C29H39ClN4O3/c1-19(2)34-16-20(3)26(18-33(4)17-21-7-5-8-23(30)15-21)37-27-24(29(34)36)9-6-10-25(27)32-28(35)22-11-13-31-14-12-22/h5-10,15,19-20,22,26,31H,11-14,16-18H2,1-4H3,(H,32,35)/t20-,26+/m0/s1. The molecule has 1 saturated heterocycles. The summed E-state index contributed by atoms with van der Waals surface area (Å²) in [4.78, 5) is 30.9. The van der Waals surface area contributed by atoms with E-state index in [9.17, 15) is 9.59 Å². The number of piperidine rings is 1. The number of likely N-dealkylation sites (N-methyl/N-ethyl adjacent to an activating group) is 1. The highest BCUT2D eigenvalue weighted by Gasteiger charge is 2.34. The van der Waals surface area contributed by atoms with Gasteiger partial charge in [-0.25, -0.2) is 0 Å². The number of benzene rings is 2. The molecule has 2 aliphatic rings. The second kappa shape index (κ2) is 12.3. The first-order valence-electron chi connectivity index (χ1n) is 13.3. The molecule has 4 rings (SSSR count). The van der Waals surface area contributed by atoms with Crippen LogP contribution in [0.2, 0.25) is 5.02 Å². The Bertz CT molecular complexity index is 1100. The largest absolute Gasteiger partial charge is 0.486 e. The highest BCUT2D eigenvalue weighted by molar-refractivity contribution is 6.30. The van der Waals surface area contributed by atoms with Crippen molar-refractivity contribution >= 4 is 29.1 Å². The molecule has 0 saturated carbocycles. The summed E-state index contributed by atoms with van der Waals surface area (Å²) in [6, 6.07) is 13.4. The third-order valence-corrected chi connectivity index (χ3v) is 7.55. The Balaban J connectivity index is 1.62. The zero-order valence-electron chi connectivity index (χ0n) is 22.3. The van der Waals surface area contributed by atoms with Crippen LogP contribution >= 0.6 is 11.6 Å². The zero-order valence-corrected chi connectivity index (χ0v) is 23.1. The van der Waals surface area contributed by atoms with Crippen molar-refractivity contribution in [2.24, 2.45) is 11.8 Å². The van der Waals surface area contributed by atoms with Crippen LogP contribution in [-0.4, -0.2) is 67.0 Å². The molecule has 0 aromatic heterocycles. The normalized spacial score (nSPS) is 20.8. The smallest absolute Gasteiger partial charge is 0.257 e. The van der Waals surface area contributed by atoms with E-state index >= 15 is 0 Å². The SMILES string of the molecule is CC(C)N1C[C@H](C)[C@@H](CN(C)Cc2cccc(Cl)c2)Oc2c(NC(=O)C3CCNCC3)cccc2C1=O. The van der Waals surface area contributed by atoms with Crippen LogP contribution in [0.15, 0.2) is 42.5 Å². The number of nitrogens with one attached hydrogen (secondary N) is 2. The molecule has 8 heteroatoms. The highest BCUT2D eigenvalue weighted by Crippen LogP contribution is 2.35. The Kier molecular flexibility index (Phi) is 9.11. The van der Waals surface area contributed by atoms with Gasteiger partial charge in [0.15, 0.2) is 5.75 Å². The number of hydrogen-bond donors (Lipinski definition) is 2. The van der Waals surface area contributed by atoms with Crippen molar-refractivity contribution in [3.8, 4) is 5.75 Å². The molecule has 2 heterocycles. The van der Waals surface area contributed by atoms with Gasteiger partial charge < -0.3 is 20.3 Å². The Morgan fingerprint density at radius 2 is 1.95 bits per heavy atom. The second-order valence-corrected chi connectivity index (χ2v) is 11.1. The molecule has 200 valence electrons. The molecule has 2 aliphatic heterocycles. The number of para-hydroxylation sites is 1. The number of hydrogen-bond acceptors (Lipinski definition) is 5. The molecule has 2 aromatic rings. The predicted octanol–water partition coefficient (Wildman–Crippen LogP) is 4.66. The minimum absolute atomic E-state index is 0.0172. The van der Waals surface area contributed by atoms with E-state index in [1.54, 1.807) is 6.07 Å². The van der Waals surface area contributed by atoms with Crippen molar-refractivity contribution in [3.63, 3.8) is 0 Å². The van der Waals surface area contributed by atoms with Gasteiger partial charge in [-0.05, 0) is 76.7 Å². The lowest BCUT2D eigenvalue weighted by molar-refractivity contribution is -0.120. The molecule has 2 aromatic carbocycles. The second-order valence-electron chi connectivity index (χ2n) is 10.7. The number of halogens is 1. The van der Waals surface area contributed by atoms with Gasteiger partial charge in [0.25, 0.3) is 5.91 Å². The quantitative estimate of drug-likeness (QED) is 0.549. The van der Waals surface area contributed by atoms with Crippen molar-refractivity contribution < 1.29 is 14.3 Å². The number of anilines is 1. The van der Waals surface area contributed by atoms with Gasteiger partial charge >= 0.3 is 0 Å². The van der Waals surface area contributed by atoms with Crippen LogP contribution in [0.25, 0.3) is 0 Å². The van der Waals surface area contributed by atoms with E-state index in [2.05, 4.69) is 35.6 Å². The van der Waals surface area contributed by atoms with Crippen molar-refractivity contribution in [1.82, 2.24) is 15.1 Å². The first kappa shape index (κ1) is 27.4. The van der Waals surface area contributed by atoms with E-state index < -0.39 is 0 Å². The predicted molar refractivity (Wildman–Crippen MR) is 148 cm³/mol. The van der Waals surface area contributed by atoms with Gasteiger partial charge in [-0.15, -0.1) is 0 Å². The van der Waals surface area contributed by atoms with E-state index in [1.807, 2.05) is 49.1 Å². The van der Waals surface area contributed by atoms with Gasteiger partial charge in [-0.3, -0.25) is 14.5 Å². The van der Waals surface area contributed by atoms with Crippen LogP contribution < -0.4 is 15.4 Å². The number of nitrogens with zero attached hydrogens (tertiary/aromatic N) is 2. The molecule has 7 nitrogen and oxygen atoms in total. The van der Waals surface area contributed by atoms with Crippen LogP contribution in [0.4, 0.5) is 5.69 Å². The molecule has 2 amide bonds. The fraction of sp³-hybridized carbons (Fsp3) is 0.517. The van der Waals surface area contributed by atoms with Crippen LogP contribution in [0.3, 0.4) is 0 Å². The van der Waals surface area contributed by atoms with Gasteiger partial charge in [-0.1, -0.05) is 36.7 Å². The summed E-state index contributed by atoms with van der Waals surface area (Å²) in [5.41, 5.74) is 2.18. The molecule has 0 spiro atoms. The summed E-state index contributed by atoms with van der Waals surface area (Å²) in [6.07, 6.45) is 1.42. The average Bonchev–Trinajstić information content (AvgIpc) is 2.86. The average molecular weight is 527 g/mol. The molecule has 0 bridgehead atoms. The van der Waals surface area contributed by atoms with Crippen LogP contribution in [0, 0.1) is 11.8 Å². The van der Waals surface area contributed by atoms with Crippen molar-refractivity contribution in [2.75, 3.05) is 38.5 Å². The molecule has 2 atom stereocenters. The lowest BCUT2D eigenvalue weighted by atomic mass is 9.96. The Morgan fingerprint density at radius 3 is 2.65 bits per heavy atom. The van der Waals surface area contributed by atoms with Gasteiger partial charge in [-0.2, -0.15) is 0 Å². The lowest BCUT2D eigenvalue weighted by Crippen LogP contribution is -2.48. The van der Waals surface area contributed by atoms with Gasteiger partial charge in [0.2, 0.25) is 5.91 Å². The van der Waals surface area contributed by atoms with Gasteiger partial charge in [0.05, 0.1) is 11.3 Å². The molecule has 2 N–H and O–H groups in total. The number of ether oxygens (including phenoxy) is 1. The third-order valence-electron chi connectivity index (χ3n) is 7.32. The maximum atomic E-state index is 13.6. The summed E-state index contributed by atoms with van der Waals surface area (Å²) < 4.78 is 6.66. The van der Waals surface area contributed by atoms with Crippen molar-refractivity contribution in [3.05, 3.63) is 58.6 Å². The van der Waals surface area contributed by atoms with E-state index in [0.29, 0.717) is 30.1 Å². The molecule has 0 unspecified atom stereocenters. The number of carbonyl (C=O) groups is 2. The van der Waals surface area contributed by atoms with E-state index in [-0.39, 0.29) is 35.8 Å². The van der Waals surface area contributed by atoms with E-state index in [0.717, 1.165) is 43.1 Å². The van der Waals surface area contributed by atoms with Gasteiger partial charge in [0.1, 0.15) is 6.10 Å². The highest BCUT2D eigenvalue weighted by atomic mass is 35.5. The summed E-state index contributed by atoms with van der Waals surface area (Å²) >= 11 is 6.19. The van der Waals surface area contributed by atoms with Crippen LogP contribution in [0.5, 0.6) is 5.75 Å². The fourth-order valence-corrected chi connectivity index (χ4v) is 5.38. The first-order valence-corrected chi connectivity index (χ1v) is 13.7. The molecular weight excluding hydrogens is 488 g/mol. The van der Waals surface area contributed by atoms with E-state index in [1.165, 1.54) is 0 Å². The third kappa shape index (κ3) is 6.83. The number of rotatable bonds is 7. The number of amides is 2. The van der Waals surface area contributed by atoms with Crippen LogP contribution in [0.1, 0.15) is 49.5 Å². The molecular formula is C29H39ClN4O3. The first-order chi connectivity index (χ1) is 17.7. The maximum Gasteiger partial charge on any atom is 0.257 e. The van der Waals surface area contributed by atoms with Crippen LogP contribution in [-0.2, 0) is 11.3 Å². The Labute approximate surface area is 225 Å². The maximum absolute atomic E-state index is 13.6. The Morgan fingerprint density at radius 1 is 1.22 bits per heavy atom. The van der Waals surface area contributed by atoms with Crippen molar-refractivity contribution in [2.45, 2.75) is 52.3 Å². The summed E-state index contributed by atoms with van der Waals surface area (Å²) in [5, 5.41) is 7.12. The van der Waals surface area contributed by atoms with E-state index in [4.69, 9.17) is 16.3 Å². The van der Waals surface area contributed by atoms with Crippen molar-refractivity contribution in [1.29, 1.82) is 0 Å².